The Hall–Kier alpha value is -1.32. The van der Waals surface area contributed by atoms with Crippen molar-refractivity contribution in [2.75, 3.05) is 33.7 Å². The van der Waals surface area contributed by atoms with Crippen LogP contribution in [-0.2, 0) is 11.3 Å². The van der Waals surface area contributed by atoms with Gasteiger partial charge in [0.1, 0.15) is 5.82 Å². The predicted molar refractivity (Wildman–Crippen MR) is 116 cm³/mol. The summed E-state index contributed by atoms with van der Waals surface area (Å²) in [6, 6.07) is 0. The Bertz CT molecular complexity index is 566. The van der Waals surface area contributed by atoms with E-state index in [-0.39, 0.29) is 29.9 Å². The van der Waals surface area contributed by atoms with E-state index in [0.717, 1.165) is 63.6 Å². The van der Waals surface area contributed by atoms with Gasteiger partial charge in [-0.3, -0.25) is 9.79 Å². The zero-order valence-corrected chi connectivity index (χ0v) is 18.5. The highest BCUT2D eigenvalue weighted by Gasteiger charge is 2.22. The third-order valence-corrected chi connectivity index (χ3v) is 4.91. The van der Waals surface area contributed by atoms with Crippen molar-refractivity contribution >= 4 is 35.8 Å². The molecule has 0 radical (unpaired) electrons. The van der Waals surface area contributed by atoms with Crippen molar-refractivity contribution in [1.29, 1.82) is 0 Å². The van der Waals surface area contributed by atoms with Crippen LogP contribution < -0.4 is 10.6 Å². The second-order valence-corrected chi connectivity index (χ2v) is 6.66. The molecular formula is C18H33IN6O. The highest BCUT2D eigenvalue weighted by atomic mass is 127. The van der Waals surface area contributed by atoms with Crippen molar-refractivity contribution in [3.63, 3.8) is 0 Å². The molecule has 2 rings (SSSR count). The predicted octanol–water partition coefficient (Wildman–Crippen LogP) is 2.01. The Morgan fingerprint density at radius 1 is 1.35 bits per heavy atom. The molecule has 1 aliphatic heterocycles. The molecule has 0 aliphatic carbocycles. The molecule has 148 valence electrons. The lowest BCUT2D eigenvalue weighted by Gasteiger charge is -2.34. The van der Waals surface area contributed by atoms with E-state index in [4.69, 9.17) is 0 Å². The zero-order valence-electron chi connectivity index (χ0n) is 16.2. The average molecular weight is 476 g/mol. The standard InChI is InChI=1S/C18H32N6O.HI/c1-15-21-9-13-23(15)10-5-4-8-22-18(20-3)24-11-6-16(7-12-24)14-17(25)19-2;/h9,13,16H,4-8,10-12,14H2,1-3H3,(H,19,25)(H,20,22);1H. The van der Waals surface area contributed by atoms with E-state index in [1.54, 1.807) is 7.05 Å². The van der Waals surface area contributed by atoms with E-state index in [0.29, 0.717) is 12.3 Å². The number of amides is 1. The molecule has 1 aromatic rings. The second-order valence-electron chi connectivity index (χ2n) is 6.66. The van der Waals surface area contributed by atoms with E-state index in [2.05, 4.69) is 30.1 Å². The van der Waals surface area contributed by atoms with Gasteiger partial charge in [0, 0.05) is 59.1 Å². The number of carbonyl (C=O) groups is 1. The van der Waals surface area contributed by atoms with Crippen LogP contribution in [0.25, 0.3) is 0 Å². The number of hydrogen-bond acceptors (Lipinski definition) is 3. The van der Waals surface area contributed by atoms with Gasteiger partial charge in [-0.25, -0.2) is 4.98 Å². The molecule has 0 spiro atoms. The Morgan fingerprint density at radius 3 is 2.65 bits per heavy atom. The third kappa shape index (κ3) is 7.13. The van der Waals surface area contributed by atoms with E-state index in [9.17, 15) is 4.79 Å². The summed E-state index contributed by atoms with van der Waals surface area (Å²) in [5, 5.41) is 6.19. The van der Waals surface area contributed by atoms with Gasteiger partial charge in [-0.05, 0) is 38.5 Å². The topological polar surface area (TPSA) is 74.5 Å². The summed E-state index contributed by atoms with van der Waals surface area (Å²) in [6.07, 6.45) is 8.85. The number of piperidine rings is 1. The van der Waals surface area contributed by atoms with Gasteiger partial charge in [0.05, 0.1) is 0 Å². The first-order valence-electron chi connectivity index (χ1n) is 9.28. The zero-order chi connectivity index (χ0) is 18.1. The van der Waals surface area contributed by atoms with E-state index in [1.807, 2.05) is 26.4 Å². The first-order valence-corrected chi connectivity index (χ1v) is 9.28. The van der Waals surface area contributed by atoms with Crippen LogP contribution in [0.15, 0.2) is 17.4 Å². The fraction of sp³-hybridized carbons (Fsp3) is 0.722. The SMILES string of the molecule is CN=C(NCCCCn1ccnc1C)N1CCC(CC(=O)NC)CC1.I. The fourth-order valence-corrected chi connectivity index (χ4v) is 3.29. The fourth-order valence-electron chi connectivity index (χ4n) is 3.29. The molecule has 1 aliphatic rings. The van der Waals surface area contributed by atoms with Gasteiger partial charge in [-0.1, -0.05) is 0 Å². The lowest BCUT2D eigenvalue weighted by Crippen LogP contribution is -2.46. The number of imidazole rings is 1. The molecule has 26 heavy (non-hydrogen) atoms. The lowest BCUT2D eigenvalue weighted by molar-refractivity contribution is -0.121. The monoisotopic (exact) mass is 476 g/mol. The number of aliphatic imine (C=N–C) groups is 1. The van der Waals surface area contributed by atoms with Crippen molar-refractivity contribution in [3.05, 3.63) is 18.2 Å². The minimum atomic E-state index is 0. The summed E-state index contributed by atoms with van der Waals surface area (Å²) in [6.45, 7) is 5.91. The quantitative estimate of drug-likeness (QED) is 0.273. The first kappa shape index (κ1) is 22.7. The molecule has 1 saturated heterocycles. The maximum absolute atomic E-state index is 11.5. The first-order chi connectivity index (χ1) is 12.1. The molecule has 1 aromatic heterocycles. The summed E-state index contributed by atoms with van der Waals surface area (Å²) < 4.78 is 2.19. The van der Waals surface area contributed by atoms with Crippen molar-refractivity contribution in [1.82, 2.24) is 25.1 Å². The van der Waals surface area contributed by atoms with Gasteiger partial charge in [0.15, 0.2) is 5.96 Å². The number of rotatable bonds is 7. The van der Waals surface area contributed by atoms with Crippen LogP contribution in [0, 0.1) is 12.8 Å². The number of carbonyl (C=O) groups excluding carboxylic acids is 1. The van der Waals surface area contributed by atoms with Crippen LogP contribution >= 0.6 is 24.0 Å². The molecule has 0 aromatic carbocycles. The molecular weight excluding hydrogens is 443 g/mol. The smallest absolute Gasteiger partial charge is 0.220 e. The number of nitrogens with one attached hydrogen (secondary N) is 2. The Balaban J connectivity index is 0.00000338. The van der Waals surface area contributed by atoms with Crippen molar-refractivity contribution < 1.29 is 4.79 Å². The normalized spacial score (nSPS) is 15.5. The molecule has 2 heterocycles. The molecule has 8 heteroatoms. The average Bonchev–Trinajstić information content (AvgIpc) is 3.04. The largest absolute Gasteiger partial charge is 0.359 e. The number of unbranched alkanes of at least 4 members (excludes halogenated alkanes) is 1. The van der Waals surface area contributed by atoms with E-state index >= 15 is 0 Å². The van der Waals surface area contributed by atoms with Gasteiger partial charge in [0.2, 0.25) is 5.91 Å². The number of aryl methyl sites for hydroxylation is 2. The maximum Gasteiger partial charge on any atom is 0.220 e. The minimum absolute atomic E-state index is 0. The number of halogens is 1. The molecule has 0 unspecified atom stereocenters. The number of hydrogen-bond donors (Lipinski definition) is 2. The summed E-state index contributed by atoms with van der Waals surface area (Å²) in [5.41, 5.74) is 0. The highest BCUT2D eigenvalue weighted by Crippen LogP contribution is 2.20. The molecule has 7 nitrogen and oxygen atoms in total. The number of nitrogens with zero attached hydrogens (tertiary/aromatic N) is 4. The van der Waals surface area contributed by atoms with E-state index < -0.39 is 0 Å². The number of likely N-dealkylation sites (tertiary alicyclic amines) is 1. The van der Waals surface area contributed by atoms with Gasteiger partial charge >= 0.3 is 0 Å². The minimum Gasteiger partial charge on any atom is -0.359 e. The second kappa shape index (κ2) is 12.1. The van der Waals surface area contributed by atoms with Gasteiger partial charge in [0.25, 0.3) is 0 Å². The summed E-state index contributed by atoms with van der Waals surface area (Å²) in [7, 11) is 3.55. The van der Waals surface area contributed by atoms with Crippen molar-refractivity contribution in [2.24, 2.45) is 10.9 Å². The van der Waals surface area contributed by atoms with Crippen LogP contribution in [0.2, 0.25) is 0 Å². The maximum atomic E-state index is 11.5. The van der Waals surface area contributed by atoms with E-state index in [1.165, 1.54) is 0 Å². The van der Waals surface area contributed by atoms with Crippen molar-refractivity contribution in [3.8, 4) is 0 Å². The molecule has 1 amide bonds. The molecule has 0 atom stereocenters. The van der Waals surface area contributed by atoms with Gasteiger partial charge in [-0.2, -0.15) is 0 Å². The molecule has 0 saturated carbocycles. The van der Waals surface area contributed by atoms with Crippen molar-refractivity contribution in [2.45, 2.75) is 45.6 Å². The van der Waals surface area contributed by atoms with Crippen LogP contribution in [0.3, 0.4) is 0 Å². The Morgan fingerprint density at radius 2 is 2.08 bits per heavy atom. The lowest BCUT2D eigenvalue weighted by atomic mass is 9.93. The summed E-state index contributed by atoms with van der Waals surface area (Å²) >= 11 is 0. The molecule has 2 N–H and O–H groups in total. The van der Waals surface area contributed by atoms with Gasteiger partial charge in [-0.15, -0.1) is 24.0 Å². The third-order valence-electron chi connectivity index (χ3n) is 4.91. The summed E-state index contributed by atoms with van der Waals surface area (Å²) in [4.78, 5) is 22.5. The molecule has 1 fully saturated rings. The summed E-state index contributed by atoms with van der Waals surface area (Å²) in [5.74, 6) is 2.70. The van der Waals surface area contributed by atoms with Crippen LogP contribution in [-0.4, -0.2) is 60.0 Å². The van der Waals surface area contributed by atoms with Gasteiger partial charge < -0.3 is 20.1 Å². The number of guanidine groups is 1. The Kier molecular flexibility index (Phi) is 10.6. The van der Waals surface area contributed by atoms with Crippen LogP contribution in [0.4, 0.5) is 0 Å². The van der Waals surface area contributed by atoms with Crippen LogP contribution in [0.5, 0.6) is 0 Å². The molecule has 0 bridgehead atoms. The Labute approximate surface area is 174 Å². The van der Waals surface area contributed by atoms with Crippen LogP contribution in [0.1, 0.15) is 37.9 Å². The highest BCUT2D eigenvalue weighted by molar-refractivity contribution is 14.0. The number of aromatic nitrogens is 2.